The molecule has 0 fully saturated rings. The summed E-state index contributed by atoms with van der Waals surface area (Å²) in [6.45, 7) is 6.98. The molecule has 106 valence electrons. The lowest BCUT2D eigenvalue weighted by Crippen LogP contribution is -2.41. The Labute approximate surface area is 116 Å². The van der Waals surface area contributed by atoms with Crippen LogP contribution >= 0.6 is 0 Å². The molecule has 3 nitrogen and oxygen atoms in total. The third-order valence-corrected chi connectivity index (χ3v) is 3.98. The smallest absolute Gasteiger partial charge is 0.122 e. The Morgan fingerprint density at radius 1 is 1.37 bits per heavy atom. The van der Waals surface area contributed by atoms with Crippen molar-refractivity contribution < 1.29 is 4.74 Å². The molecule has 0 aromatic heterocycles. The zero-order chi connectivity index (χ0) is 13.8. The fourth-order valence-corrected chi connectivity index (χ4v) is 2.88. The number of nitrogens with two attached hydrogens (primary N) is 1. The molecule has 1 aromatic carbocycles. The van der Waals surface area contributed by atoms with Gasteiger partial charge in [-0.25, -0.2) is 0 Å². The molecule has 0 amide bonds. The molecule has 1 aliphatic rings. The summed E-state index contributed by atoms with van der Waals surface area (Å²) < 4.78 is 5.66. The maximum Gasteiger partial charge on any atom is 0.122 e. The van der Waals surface area contributed by atoms with Crippen molar-refractivity contribution >= 4 is 0 Å². The number of benzene rings is 1. The number of fused-ring (bicyclic) bond motifs is 1. The second kappa shape index (κ2) is 6.40. The summed E-state index contributed by atoms with van der Waals surface area (Å²) in [5.74, 6) is 1.65. The van der Waals surface area contributed by atoms with Crippen molar-refractivity contribution in [3.05, 3.63) is 29.3 Å². The topological polar surface area (TPSA) is 38.5 Å². The summed E-state index contributed by atoms with van der Waals surface area (Å²) in [6, 6.07) is 7.02. The number of ether oxygens (including phenoxy) is 1. The summed E-state index contributed by atoms with van der Waals surface area (Å²) >= 11 is 0. The van der Waals surface area contributed by atoms with Crippen LogP contribution in [0.15, 0.2) is 18.2 Å². The van der Waals surface area contributed by atoms with E-state index in [9.17, 15) is 0 Å². The maximum atomic E-state index is 5.88. The Morgan fingerprint density at radius 2 is 2.16 bits per heavy atom. The van der Waals surface area contributed by atoms with Crippen LogP contribution in [0.1, 0.15) is 31.4 Å². The Bertz CT molecular complexity index is 417. The third kappa shape index (κ3) is 3.48. The molecule has 1 heterocycles. The molecule has 0 spiro atoms. The van der Waals surface area contributed by atoms with Crippen LogP contribution in [0, 0.1) is 5.92 Å². The van der Waals surface area contributed by atoms with Crippen molar-refractivity contribution in [3.8, 4) is 5.75 Å². The summed E-state index contributed by atoms with van der Waals surface area (Å²) in [5, 5.41) is 0. The highest BCUT2D eigenvalue weighted by molar-refractivity contribution is 5.38. The lowest BCUT2D eigenvalue weighted by atomic mass is 10.0. The minimum Gasteiger partial charge on any atom is -0.493 e. The van der Waals surface area contributed by atoms with Crippen LogP contribution < -0.4 is 10.5 Å². The van der Waals surface area contributed by atoms with Gasteiger partial charge in [0.2, 0.25) is 0 Å². The van der Waals surface area contributed by atoms with Gasteiger partial charge < -0.3 is 10.5 Å². The van der Waals surface area contributed by atoms with Gasteiger partial charge in [-0.05, 0) is 43.0 Å². The van der Waals surface area contributed by atoms with E-state index in [0.717, 1.165) is 31.7 Å². The number of nitrogens with zero attached hydrogens (tertiary/aromatic N) is 1. The first-order valence-electron chi connectivity index (χ1n) is 7.26. The van der Waals surface area contributed by atoms with Gasteiger partial charge in [-0.3, -0.25) is 4.90 Å². The monoisotopic (exact) mass is 262 g/mol. The molecule has 2 N–H and O–H groups in total. The molecule has 0 saturated carbocycles. The number of aryl methyl sites for hydroxylation is 1. The maximum absolute atomic E-state index is 5.88. The molecule has 0 bridgehead atoms. The first kappa shape index (κ1) is 14.4. The summed E-state index contributed by atoms with van der Waals surface area (Å²) in [7, 11) is 2.16. The van der Waals surface area contributed by atoms with Gasteiger partial charge in [-0.15, -0.1) is 0 Å². The van der Waals surface area contributed by atoms with Gasteiger partial charge in [0.05, 0.1) is 6.61 Å². The second-order valence-corrected chi connectivity index (χ2v) is 5.86. The predicted octanol–water partition coefficient (Wildman–Crippen LogP) is 2.43. The van der Waals surface area contributed by atoms with Crippen molar-refractivity contribution in [2.45, 2.75) is 39.3 Å². The van der Waals surface area contributed by atoms with Crippen molar-refractivity contribution in [3.63, 3.8) is 0 Å². The van der Waals surface area contributed by atoms with Crippen LogP contribution in [0.25, 0.3) is 0 Å². The Balaban J connectivity index is 2.06. The quantitative estimate of drug-likeness (QED) is 0.885. The van der Waals surface area contributed by atoms with Gasteiger partial charge in [0, 0.05) is 19.1 Å². The number of hydrogen-bond donors (Lipinski definition) is 1. The fraction of sp³-hybridized carbons (Fsp3) is 0.625. The molecule has 19 heavy (non-hydrogen) atoms. The second-order valence-electron chi connectivity index (χ2n) is 5.86. The van der Waals surface area contributed by atoms with Crippen molar-refractivity contribution in [1.29, 1.82) is 0 Å². The van der Waals surface area contributed by atoms with Crippen LogP contribution in [-0.2, 0) is 13.0 Å². The molecule has 1 aliphatic heterocycles. The van der Waals surface area contributed by atoms with Crippen molar-refractivity contribution in [1.82, 2.24) is 4.90 Å². The lowest BCUT2D eigenvalue weighted by Gasteiger charge is -2.30. The molecule has 0 radical (unpaired) electrons. The fourth-order valence-electron chi connectivity index (χ4n) is 2.88. The van der Waals surface area contributed by atoms with Crippen LogP contribution in [0.3, 0.4) is 0 Å². The van der Waals surface area contributed by atoms with E-state index in [0.29, 0.717) is 18.5 Å². The van der Waals surface area contributed by atoms with Gasteiger partial charge >= 0.3 is 0 Å². The van der Waals surface area contributed by atoms with Crippen LogP contribution in [0.4, 0.5) is 0 Å². The highest BCUT2D eigenvalue weighted by atomic mass is 16.5. The largest absolute Gasteiger partial charge is 0.493 e. The molecular formula is C16H26N2O. The van der Waals surface area contributed by atoms with Crippen LogP contribution in [0.5, 0.6) is 5.75 Å². The molecule has 3 heteroatoms. The van der Waals surface area contributed by atoms with Crippen molar-refractivity contribution in [2.75, 3.05) is 20.2 Å². The van der Waals surface area contributed by atoms with Gasteiger partial charge in [-0.2, -0.15) is 0 Å². The van der Waals surface area contributed by atoms with E-state index in [-0.39, 0.29) is 0 Å². The number of hydrogen-bond acceptors (Lipinski definition) is 3. The minimum atomic E-state index is 0.437. The Morgan fingerprint density at radius 3 is 2.84 bits per heavy atom. The summed E-state index contributed by atoms with van der Waals surface area (Å²) in [4.78, 5) is 2.36. The molecule has 0 aliphatic carbocycles. The van der Waals surface area contributed by atoms with E-state index >= 15 is 0 Å². The van der Waals surface area contributed by atoms with E-state index in [1.165, 1.54) is 11.1 Å². The first-order valence-corrected chi connectivity index (χ1v) is 7.26. The lowest BCUT2D eigenvalue weighted by molar-refractivity contribution is 0.190. The van der Waals surface area contributed by atoms with Gasteiger partial charge in [0.15, 0.2) is 0 Å². The standard InChI is InChI=1S/C16H26N2O/c1-12(2)15(10-17)18(3)11-13-6-7-16-14(9-13)5-4-8-19-16/h6-7,9,12,15H,4-5,8,10-11,17H2,1-3H3. The normalized spacial score (nSPS) is 16.3. The average Bonchev–Trinajstić information content (AvgIpc) is 2.39. The zero-order valence-electron chi connectivity index (χ0n) is 12.4. The molecule has 1 unspecified atom stereocenters. The van der Waals surface area contributed by atoms with Crippen molar-refractivity contribution in [2.24, 2.45) is 11.7 Å². The minimum absolute atomic E-state index is 0.437. The van der Waals surface area contributed by atoms with E-state index in [1.807, 2.05) is 0 Å². The molecule has 2 rings (SSSR count). The molecular weight excluding hydrogens is 236 g/mol. The van der Waals surface area contributed by atoms with Gasteiger partial charge in [0.25, 0.3) is 0 Å². The van der Waals surface area contributed by atoms with E-state index < -0.39 is 0 Å². The average molecular weight is 262 g/mol. The summed E-state index contributed by atoms with van der Waals surface area (Å²) in [6.07, 6.45) is 2.26. The van der Waals surface area contributed by atoms with E-state index in [2.05, 4.69) is 44.0 Å². The van der Waals surface area contributed by atoms with Crippen LogP contribution in [0.2, 0.25) is 0 Å². The third-order valence-electron chi connectivity index (χ3n) is 3.98. The highest BCUT2D eigenvalue weighted by Crippen LogP contribution is 2.26. The molecule has 1 aromatic rings. The Kier molecular flexibility index (Phi) is 4.83. The number of likely N-dealkylation sites (N-methyl/N-ethyl adjacent to an activating group) is 1. The molecule has 0 saturated heterocycles. The van der Waals surface area contributed by atoms with E-state index in [4.69, 9.17) is 10.5 Å². The van der Waals surface area contributed by atoms with Gasteiger partial charge in [0.1, 0.15) is 5.75 Å². The SMILES string of the molecule is CC(C)C(CN)N(C)Cc1ccc2c(c1)CCCO2. The zero-order valence-corrected chi connectivity index (χ0v) is 12.4. The highest BCUT2D eigenvalue weighted by Gasteiger charge is 2.18. The molecule has 1 atom stereocenters. The van der Waals surface area contributed by atoms with Crippen LogP contribution in [-0.4, -0.2) is 31.1 Å². The first-order chi connectivity index (χ1) is 9.11. The summed E-state index contributed by atoms with van der Waals surface area (Å²) in [5.41, 5.74) is 8.58. The van der Waals surface area contributed by atoms with E-state index in [1.54, 1.807) is 0 Å². The predicted molar refractivity (Wildman–Crippen MR) is 79.4 cm³/mol. The number of rotatable bonds is 5. The Hall–Kier alpha value is -1.06. The van der Waals surface area contributed by atoms with Gasteiger partial charge in [-0.1, -0.05) is 26.0 Å².